The molecule has 0 unspecified atom stereocenters. The summed E-state index contributed by atoms with van der Waals surface area (Å²) in [6, 6.07) is -0.828. The van der Waals surface area contributed by atoms with Crippen molar-refractivity contribution < 1.29 is 14.3 Å². The van der Waals surface area contributed by atoms with E-state index in [9.17, 15) is 9.59 Å². The van der Waals surface area contributed by atoms with Crippen LogP contribution in [0.5, 0.6) is 0 Å². The fraction of sp³-hybridized carbons (Fsp3) is 0.800. The highest BCUT2D eigenvalue weighted by Crippen LogP contribution is 2.18. The van der Waals surface area contributed by atoms with E-state index >= 15 is 0 Å². The largest absolute Gasteiger partial charge is 0.385 e. The Bertz CT molecular complexity index is 241. The Kier molecular flexibility index (Phi) is 6.67. The van der Waals surface area contributed by atoms with Crippen LogP contribution in [0.25, 0.3) is 0 Å². The third-order valence-corrected chi connectivity index (χ3v) is 2.13. The number of hydrogen-bond donors (Lipinski definition) is 3. The van der Waals surface area contributed by atoms with Crippen molar-refractivity contribution in [3.05, 3.63) is 0 Å². The SMILES string of the molecule is COCCC(C)(C)CNCC(=O)NC(N)=O. The van der Waals surface area contributed by atoms with Crippen molar-refractivity contribution in [1.82, 2.24) is 10.6 Å². The van der Waals surface area contributed by atoms with Crippen molar-refractivity contribution in [2.45, 2.75) is 20.3 Å². The monoisotopic (exact) mass is 231 g/mol. The molecule has 0 aromatic heterocycles. The molecular formula is C10H21N3O3. The molecule has 3 amide bonds. The Morgan fingerprint density at radius 2 is 2.00 bits per heavy atom. The van der Waals surface area contributed by atoms with Crippen LogP contribution in [0.15, 0.2) is 0 Å². The van der Waals surface area contributed by atoms with Gasteiger partial charge in [0.1, 0.15) is 0 Å². The van der Waals surface area contributed by atoms with Crippen molar-refractivity contribution in [2.75, 3.05) is 26.8 Å². The van der Waals surface area contributed by atoms with Crippen LogP contribution < -0.4 is 16.4 Å². The molecule has 0 heterocycles. The molecular weight excluding hydrogens is 210 g/mol. The number of hydrogen-bond acceptors (Lipinski definition) is 4. The molecule has 0 aromatic rings. The van der Waals surface area contributed by atoms with E-state index in [1.54, 1.807) is 7.11 Å². The van der Waals surface area contributed by atoms with Gasteiger partial charge in [0.2, 0.25) is 5.91 Å². The highest BCUT2D eigenvalue weighted by atomic mass is 16.5. The van der Waals surface area contributed by atoms with Crippen LogP contribution in [0, 0.1) is 5.41 Å². The quantitative estimate of drug-likeness (QED) is 0.567. The van der Waals surface area contributed by atoms with Gasteiger partial charge < -0.3 is 15.8 Å². The van der Waals surface area contributed by atoms with Crippen LogP contribution in [0.3, 0.4) is 0 Å². The Balaban J connectivity index is 3.71. The molecule has 6 nitrogen and oxygen atoms in total. The average molecular weight is 231 g/mol. The molecule has 0 atom stereocenters. The van der Waals surface area contributed by atoms with Gasteiger partial charge in [-0.1, -0.05) is 13.8 Å². The number of carbonyl (C=O) groups excluding carboxylic acids is 2. The van der Waals surface area contributed by atoms with Gasteiger partial charge in [0.25, 0.3) is 0 Å². The minimum atomic E-state index is -0.828. The molecule has 0 rings (SSSR count). The first-order valence-electron chi connectivity index (χ1n) is 5.16. The molecule has 0 spiro atoms. The molecule has 0 aromatic carbocycles. The topological polar surface area (TPSA) is 93.4 Å². The lowest BCUT2D eigenvalue weighted by molar-refractivity contribution is -0.119. The van der Waals surface area contributed by atoms with Gasteiger partial charge in [0.05, 0.1) is 6.54 Å². The second kappa shape index (κ2) is 7.19. The predicted molar refractivity (Wildman–Crippen MR) is 60.9 cm³/mol. The van der Waals surface area contributed by atoms with Crippen molar-refractivity contribution >= 4 is 11.9 Å². The lowest BCUT2D eigenvalue weighted by atomic mass is 9.90. The number of nitrogens with two attached hydrogens (primary N) is 1. The lowest BCUT2D eigenvalue weighted by Crippen LogP contribution is -2.42. The summed E-state index contributed by atoms with van der Waals surface area (Å²) in [5.74, 6) is -0.421. The summed E-state index contributed by atoms with van der Waals surface area (Å²) in [7, 11) is 1.66. The van der Waals surface area contributed by atoms with Gasteiger partial charge >= 0.3 is 6.03 Å². The summed E-state index contributed by atoms with van der Waals surface area (Å²) in [5.41, 5.74) is 4.85. The minimum Gasteiger partial charge on any atom is -0.385 e. The first kappa shape index (κ1) is 14.9. The third-order valence-electron chi connectivity index (χ3n) is 2.13. The van der Waals surface area contributed by atoms with E-state index in [0.29, 0.717) is 13.2 Å². The van der Waals surface area contributed by atoms with E-state index in [2.05, 4.69) is 19.2 Å². The minimum absolute atomic E-state index is 0.0447. The first-order chi connectivity index (χ1) is 7.37. The van der Waals surface area contributed by atoms with E-state index in [0.717, 1.165) is 6.42 Å². The van der Waals surface area contributed by atoms with Gasteiger partial charge in [-0.05, 0) is 11.8 Å². The molecule has 0 fully saturated rings. The zero-order chi connectivity index (χ0) is 12.6. The van der Waals surface area contributed by atoms with Gasteiger partial charge in [-0.15, -0.1) is 0 Å². The van der Waals surface area contributed by atoms with Gasteiger partial charge in [-0.3, -0.25) is 10.1 Å². The second-order valence-corrected chi connectivity index (χ2v) is 4.42. The van der Waals surface area contributed by atoms with Crippen molar-refractivity contribution in [1.29, 1.82) is 0 Å². The van der Waals surface area contributed by atoms with E-state index in [-0.39, 0.29) is 12.0 Å². The number of imide groups is 1. The average Bonchev–Trinajstić information content (AvgIpc) is 2.13. The van der Waals surface area contributed by atoms with Gasteiger partial charge in [0.15, 0.2) is 0 Å². The molecule has 94 valence electrons. The number of methoxy groups -OCH3 is 1. The number of urea groups is 1. The molecule has 16 heavy (non-hydrogen) atoms. The van der Waals surface area contributed by atoms with Crippen LogP contribution in [0.4, 0.5) is 4.79 Å². The van der Waals surface area contributed by atoms with Gasteiger partial charge in [0, 0.05) is 20.3 Å². The van der Waals surface area contributed by atoms with Gasteiger partial charge in [-0.25, -0.2) is 4.79 Å². The first-order valence-corrected chi connectivity index (χ1v) is 5.16. The van der Waals surface area contributed by atoms with Crippen LogP contribution in [-0.2, 0) is 9.53 Å². The fourth-order valence-corrected chi connectivity index (χ4v) is 1.16. The number of ether oxygens (including phenoxy) is 1. The summed E-state index contributed by atoms with van der Waals surface area (Å²) < 4.78 is 4.99. The standard InChI is InChI=1S/C10H21N3O3/c1-10(2,4-5-16-3)7-12-6-8(14)13-9(11)15/h12H,4-7H2,1-3H3,(H3,11,13,14,15). The second-order valence-electron chi connectivity index (χ2n) is 4.42. The van der Waals surface area contributed by atoms with Crippen LogP contribution >= 0.6 is 0 Å². The van der Waals surface area contributed by atoms with Crippen molar-refractivity contribution in [3.63, 3.8) is 0 Å². The van der Waals surface area contributed by atoms with Gasteiger partial charge in [-0.2, -0.15) is 0 Å². The Hall–Kier alpha value is -1.14. The third kappa shape index (κ3) is 8.19. The smallest absolute Gasteiger partial charge is 0.318 e. The number of nitrogens with one attached hydrogen (secondary N) is 2. The summed E-state index contributed by atoms with van der Waals surface area (Å²) in [5, 5.41) is 4.95. The zero-order valence-electron chi connectivity index (χ0n) is 10.1. The van der Waals surface area contributed by atoms with Crippen LogP contribution in [0.1, 0.15) is 20.3 Å². The molecule has 0 radical (unpaired) electrons. The highest BCUT2D eigenvalue weighted by molar-refractivity contribution is 5.94. The molecule has 0 saturated heterocycles. The molecule has 6 heteroatoms. The summed E-state index contributed by atoms with van der Waals surface area (Å²) in [4.78, 5) is 21.4. The predicted octanol–water partition coefficient (Wildman–Crippen LogP) is -0.166. The van der Waals surface area contributed by atoms with E-state index in [4.69, 9.17) is 10.5 Å². The number of carbonyl (C=O) groups is 2. The summed E-state index contributed by atoms with van der Waals surface area (Å²) in [6.07, 6.45) is 0.897. The molecule has 4 N–H and O–H groups in total. The zero-order valence-corrected chi connectivity index (χ0v) is 10.1. The van der Waals surface area contributed by atoms with Crippen molar-refractivity contribution in [3.8, 4) is 0 Å². The summed E-state index contributed by atoms with van der Waals surface area (Å²) >= 11 is 0. The fourth-order valence-electron chi connectivity index (χ4n) is 1.16. The maximum absolute atomic E-state index is 11.1. The maximum Gasteiger partial charge on any atom is 0.318 e. The van der Waals surface area contributed by atoms with Crippen LogP contribution in [0.2, 0.25) is 0 Å². The van der Waals surface area contributed by atoms with E-state index in [1.807, 2.05) is 5.32 Å². The number of primary amides is 1. The van der Waals surface area contributed by atoms with Crippen molar-refractivity contribution in [2.24, 2.45) is 11.1 Å². The molecule has 0 bridgehead atoms. The Morgan fingerprint density at radius 3 is 2.50 bits per heavy atom. The normalized spacial score (nSPS) is 11.2. The Morgan fingerprint density at radius 1 is 1.38 bits per heavy atom. The van der Waals surface area contributed by atoms with E-state index < -0.39 is 11.9 Å². The number of amides is 3. The summed E-state index contributed by atoms with van der Waals surface area (Å²) in [6.45, 7) is 5.58. The van der Waals surface area contributed by atoms with Crippen LogP contribution in [-0.4, -0.2) is 38.7 Å². The molecule has 0 aliphatic rings. The maximum atomic E-state index is 11.1. The molecule has 0 saturated carbocycles. The Labute approximate surface area is 95.9 Å². The van der Waals surface area contributed by atoms with E-state index in [1.165, 1.54) is 0 Å². The number of rotatable bonds is 7. The lowest BCUT2D eigenvalue weighted by Gasteiger charge is -2.24. The molecule has 0 aliphatic carbocycles. The highest BCUT2D eigenvalue weighted by Gasteiger charge is 2.17. The molecule has 0 aliphatic heterocycles.